The summed E-state index contributed by atoms with van der Waals surface area (Å²) in [4.78, 5) is 12.5. The number of hydrogen-bond acceptors (Lipinski definition) is 4. The minimum atomic E-state index is -3.98. The molecular formula is C21H20BrNO4S. The molecule has 0 aliphatic rings. The highest BCUT2D eigenvalue weighted by Crippen LogP contribution is 2.31. The maximum absolute atomic E-state index is 13.4. The van der Waals surface area contributed by atoms with Crippen LogP contribution in [0.1, 0.15) is 13.8 Å². The molecule has 146 valence electrons. The molecule has 3 aromatic rings. The van der Waals surface area contributed by atoms with E-state index in [4.69, 9.17) is 4.74 Å². The third-order valence-corrected chi connectivity index (χ3v) is 6.38. The van der Waals surface area contributed by atoms with Gasteiger partial charge in [-0.15, -0.1) is 0 Å². The number of benzene rings is 3. The van der Waals surface area contributed by atoms with Crippen LogP contribution in [0.3, 0.4) is 0 Å². The van der Waals surface area contributed by atoms with E-state index >= 15 is 0 Å². The van der Waals surface area contributed by atoms with Gasteiger partial charge in [-0.2, -0.15) is 0 Å². The zero-order valence-electron chi connectivity index (χ0n) is 15.5. The van der Waals surface area contributed by atoms with Crippen LogP contribution in [-0.2, 0) is 19.6 Å². The van der Waals surface area contributed by atoms with Gasteiger partial charge in [-0.25, -0.2) is 8.42 Å². The second-order valence-electron chi connectivity index (χ2n) is 6.50. The Morgan fingerprint density at radius 1 is 1.00 bits per heavy atom. The van der Waals surface area contributed by atoms with Gasteiger partial charge in [0.2, 0.25) is 0 Å². The number of nitrogens with zero attached hydrogens (tertiary/aromatic N) is 1. The van der Waals surface area contributed by atoms with Crippen LogP contribution < -0.4 is 4.31 Å². The van der Waals surface area contributed by atoms with Gasteiger partial charge in [0.1, 0.15) is 6.54 Å². The lowest BCUT2D eigenvalue weighted by molar-refractivity contribution is -0.145. The third-order valence-electron chi connectivity index (χ3n) is 4.08. The van der Waals surface area contributed by atoms with Crippen LogP contribution in [0.15, 0.2) is 76.1 Å². The van der Waals surface area contributed by atoms with Gasteiger partial charge in [0.05, 0.1) is 16.7 Å². The molecule has 0 unspecified atom stereocenters. The molecule has 5 nitrogen and oxygen atoms in total. The fourth-order valence-corrected chi connectivity index (χ4v) is 4.57. The molecule has 0 fully saturated rings. The highest BCUT2D eigenvalue weighted by atomic mass is 79.9. The van der Waals surface area contributed by atoms with Gasteiger partial charge in [-0.3, -0.25) is 9.10 Å². The SMILES string of the molecule is CC(C)OC(=O)CN(c1cccc2ccccc12)S(=O)(=O)c1ccc(Br)cc1. The molecule has 0 atom stereocenters. The van der Waals surface area contributed by atoms with Gasteiger partial charge >= 0.3 is 5.97 Å². The molecule has 7 heteroatoms. The lowest BCUT2D eigenvalue weighted by Crippen LogP contribution is -2.37. The first-order valence-corrected chi connectivity index (χ1v) is 11.0. The highest BCUT2D eigenvalue weighted by Gasteiger charge is 2.29. The van der Waals surface area contributed by atoms with E-state index in [1.165, 1.54) is 12.1 Å². The number of carbonyl (C=O) groups is 1. The predicted octanol–water partition coefficient (Wildman–Crippen LogP) is 4.75. The van der Waals surface area contributed by atoms with Crippen molar-refractivity contribution in [3.63, 3.8) is 0 Å². The van der Waals surface area contributed by atoms with Crippen LogP contribution in [0.2, 0.25) is 0 Å². The number of ether oxygens (including phenoxy) is 1. The van der Waals surface area contributed by atoms with E-state index in [1.54, 1.807) is 38.1 Å². The van der Waals surface area contributed by atoms with Crippen LogP contribution in [-0.4, -0.2) is 27.0 Å². The molecule has 0 aliphatic carbocycles. The third kappa shape index (κ3) is 4.36. The molecule has 0 N–H and O–H groups in total. The Labute approximate surface area is 173 Å². The molecule has 0 spiro atoms. The smallest absolute Gasteiger partial charge is 0.327 e. The van der Waals surface area contributed by atoms with Crippen molar-refractivity contribution >= 4 is 48.4 Å². The Kier molecular flexibility index (Phi) is 6.05. The molecule has 0 saturated heterocycles. The fraction of sp³-hybridized carbons (Fsp3) is 0.190. The monoisotopic (exact) mass is 461 g/mol. The Balaban J connectivity index is 2.14. The van der Waals surface area contributed by atoms with E-state index in [1.807, 2.05) is 30.3 Å². The number of anilines is 1. The molecule has 0 bridgehead atoms. The fourth-order valence-electron chi connectivity index (χ4n) is 2.88. The number of halogens is 1. The zero-order valence-corrected chi connectivity index (χ0v) is 17.9. The van der Waals surface area contributed by atoms with Gasteiger partial charge in [0.25, 0.3) is 10.0 Å². The molecule has 0 amide bonds. The van der Waals surface area contributed by atoms with Crippen molar-refractivity contribution in [2.45, 2.75) is 24.8 Å². The standard InChI is InChI=1S/C21H20BrNO4S/c1-15(2)27-21(24)14-23(28(25,26)18-12-10-17(22)11-13-18)20-9-5-7-16-6-3-4-8-19(16)20/h3-13,15H,14H2,1-2H3. The summed E-state index contributed by atoms with van der Waals surface area (Å²) in [7, 11) is -3.98. The van der Waals surface area contributed by atoms with E-state index in [9.17, 15) is 13.2 Å². The number of esters is 1. The summed E-state index contributed by atoms with van der Waals surface area (Å²) in [5.41, 5.74) is 0.432. The molecule has 3 aromatic carbocycles. The van der Waals surface area contributed by atoms with Crippen LogP contribution >= 0.6 is 15.9 Å². The number of hydrogen-bond donors (Lipinski definition) is 0. The molecule has 3 rings (SSSR count). The number of fused-ring (bicyclic) bond motifs is 1. The van der Waals surface area contributed by atoms with Gasteiger partial charge < -0.3 is 4.74 Å². The van der Waals surface area contributed by atoms with E-state index < -0.39 is 22.5 Å². The largest absolute Gasteiger partial charge is 0.462 e. The minimum absolute atomic E-state index is 0.0981. The lowest BCUT2D eigenvalue weighted by Gasteiger charge is -2.25. The summed E-state index contributed by atoms with van der Waals surface area (Å²) in [6, 6.07) is 19.1. The van der Waals surface area contributed by atoms with Crippen molar-refractivity contribution in [2.24, 2.45) is 0 Å². The Bertz CT molecular complexity index is 1090. The predicted molar refractivity (Wildman–Crippen MR) is 114 cm³/mol. The molecule has 28 heavy (non-hydrogen) atoms. The maximum atomic E-state index is 13.4. The molecular weight excluding hydrogens is 442 g/mol. The van der Waals surface area contributed by atoms with Crippen molar-refractivity contribution in [3.05, 3.63) is 71.2 Å². The van der Waals surface area contributed by atoms with Crippen molar-refractivity contribution in [1.82, 2.24) is 0 Å². The molecule has 0 heterocycles. The van der Waals surface area contributed by atoms with Crippen LogP contribution in [0, 0.1) is 0 Å². The molecule has 0 aromatic heterocycles. The zero-order chi connectivity index (χ0) is 20.3. The summed E-state index contributed by atoms with van der Waals surface area (Å²) in [6.07, 6.45) is -0.336. The first kappa shape index (κ1) is 20.4. The van der Waals surface area contributed by atoms with E-state index in [-0.39, 0.29) is 11.0 Å². The summed E-state index contributed by atoms with van der Waals surface area (Å²) >= 11 is 3.31. The first-order valence-electron chi connectivity index (χ1n) is 8.74. The summed E-state index contributed by atoms with van der Waals surface area (Å²) in [5.74, 6) is -0.608. The van der Waals surface area contributed by atoms with E-state index in [2.05, 4.69) is 15.9 Å². The van der Waals surface area contributed by atoms with Crippen LogP contribution in [0.25, 0.3) is 10.8 Å². The van der Waals surface area contributed by atoms with Crippen molar-refractivity contribution in [3.8, 4) is 0 Å². The summed E-state index contributed by atoms with van der Waals surface area (Å²) < 4.78 is 33.9. The van der Waals surface area contributed by atoms with Gasteiger partial charge in [0, 0.05) is 9.86 Å². The molecule has 0 radical (unpaired) electrons. The number of rotatable bonds is 6. The topological polar surface area (TPSA) is 63.7 Å². The highest BCUT2D eigenvalue weighted by molar-refractivity contribution is 9.10. The Hall–Kier alpha value is -2.38. The van der Waals surface area contributed by atoms with Crippen molar-refractivity contribution in [1.29, 1.82) is 0 Å². The summed E-state index contributed by atoms with van der Waals surface area (Å²) in [5, 5.41) is 1.62. The number of sulfonamides is 1. The van der Waals surface area contributed by atoms with Gasteiger partial charge in [-0.1, -0.05) is 52.3 Å². The minimum Gasteiger partial charge on any atom is -0.462 e. The van der Waals surface area contributed by atoms with Gasteiger partial charge in [0.15, 0.2) is 0 Å². The Morgan fingerprint density at radius 3 is 2.32 bits per heavy atom. The Morgan fingerprint density at radius 2 is 1.64 bits per heavy atom. The lowest BCUT2D eigenvalue weighted by atomic mass is 10.1. The average Bonchev–Trinajstić information content (AvgIpc) is 2.65. The quantitative estimate of drug-likeness (QED) is 0.496. The van der Waals surface area contributed by atoms with Gasteiger partial charge in [-0.05, 0) is 49.6 Å². The number of carbonyl (C=O) groups excluding carboxylic acids is 1. The van der Waals surface area contributed by atoms with Crippen molar-refractivity contribution in [2.75, 3.05) is 10.8 Å². The van der Waals surface area contributed by atoms with E-state index in [0.717, 1.165) is 19.6 Å². The molecule has 0 aliphatic heterocycles. The second kappa shape index (κ2) is 8.32. The second-order valence-corrected chi connectivity index (χ2v) is 9.28. The normalized spacial score (nSPS) is 11.6. The maximum Gasteiger partial charge on any atom is 0.327 e. The van der Waals surface area contributed by atoms with Crippen LogP contribution in [0.4, 0.5) is 5.69 Å². The first-order chi connectivity index (χ1) is 13.3. The van der Waals surface area contributed by atoms with Crippen molar-refractivity contribution < 1.29 is 17.9 Å². The average molecular weight is 462 g/mol. The van der Waals surface area contributed by atoms with Crippen LogP contribution in [0.5, 0.6) is 0 Å². The molecule has 0 saturated carbocycles. The summed E-state index contributed by atoms with van der Waals surface area (Å²) in [6.45, 7) is 3.04. The van der Waals surface area contributed by atoms with E-state index in [0.29, 0.717) is 5.69 Å².